The second-order valence-electron chi connectivity index (χ2n) is 16.9. The van der Waals surface area contributed by atoms with Crippen LogP contribution in [0.15, 0.2) is 163 Å². The molecule has 12 N–H and O–H groups in total. The van der Waals surface area contributed by atoms with Crippen LogP contribution in [0.4, 0.5) is 23.2 Å². The number of nitrogens with zero attached hydrogens (tertiary/aromatic N) is 1. The molecule has 14 nitrogen and oxygen atoms in total. The molecule has 18 heteroatoms. The number of hydrogen-bond donors (Lipinski definition) is 8. The third-order valence-corrected chi connectivity index (χ3v) is 9.88. The van der Waals surface area contributed by atoms with Crippen molar-refractivity contribution in [3.05, 3.63) is 180 Å². The smallest absolute Gasteiger partial charge is 0.253 e. The minimum atomic E-state index is -0.318. The second-order valence-corrected chi connectivity index (χ2v) is 16.9. The van der Waals surface area contributed by atoms with E-state index in [-0.39, 0.29) is 75.0 Å². The van der Waals surface area contributed by atoms with Crippen LogP contribution < -0.4 is 48.9 Å². The fourth-order valence-electron chi connectivity index (χ4n) is 5.95. The van der Waals surface area contributed by atoms with Gasteiger partial charge in [0.2, 0.25) is 17.7 Å². The maximum Gasteiger partial charge on any atom is 0.253 e. The summed E-state index contributed by atoms with van der Waals surface area (Å²) >= 11 is 0. The Morgan fingerprint density at radius 3 is 1.49 bits per heavy atom. The summed E-state index contributed by atoms with van der Waals surface area (Å²) < 4.78 is 56.5. The lowest BCUT2D eigenvalue weighted by atomic mass is 10.1. The molecule has 0 radical (unpaired) electrons. The molecule has 0 saturated heterocycles. The van der Waals surface area contributed by atoms with Crippen LogP contribution in [0.5, 0.6) is 5.75 Å². The van der Waals surface area contributed by atoms with Crippen molar-refractivity contribution in [2.75, 3.05) is 51.2 Å². The van der Waals surface area contributed by atoms with Crippen LogP contribution in [-0.2, 0) is 33.8 Å². The fourth-order valence-corrected chi connectivity index (χ4v) is 5.95. The molecule has 1 aromatic heterocycles. The van der Waals surface area contributed by atoms with Gasteiger partial charge in [0.25, 0.3) is 5.91 Å². The van der Waals surface area contributed by atoms with Gasteiger partial charge in [0, 0.05) is 86.1 Å². The van der Waals surface area contributed by atoms with E-state index < -0.39 is 0 Å². The zero-order valence-electron chi connectivity index (χ0n) is 41.4. The number of nitrogens with one attached hydrogen (secondary N) is 4. The van der Waals surface area contributed by atoms with E-state index >= 15 is 0 Å². The van der Waals surface area contributed by atoms with E-state index in [1.54, 1.807) is 37.4 Å². The van der Waals surface area contributed by atoms with Crippen LogP contribution in [0.3, 0.4) is 0 Å². The highest BCUT2D eigenvalue weighted by Gasteiger charge is 2.20. The summed E-state index contributed by atoms with van der Waals surface area (Å²) in [6.45, 7) is 8.86. The molecule has 0 aliphatic carbocycles. The molecular formula is C54H69F4N9O5. The van der Waals surface area contributed by atoms with Gasteiger partial charge in [-0.05, 0) is 78.9 Å². The summed E-state index contributed by atoms with van der Waals surface area (Å²) in [5.41, 5.74) is 26.7. The molecule has 0 fully saturated rings. The van der Waals surface area contributed by atoms with Crippen molar-refractivity contribution in [2.24, 2.45) is 22.9 Å². The number of carbonyl (C=O) groups excluding carboxylic acids is 4. The molecular weight excluding hydrogens is 931 g/mol. The van der Waals surface area contributed by atoms with Gasteiger partial charge in [0.1, 0.15) is 12.4 Å². The molecule has 5 rings (SSSR count). The Labute approximate surface area is 419 Å². The standard InChI is InChI=1S/C17H22FN3O.C13H17FN2O2.2C12H15FN2O/c1-17(2,3)20-16(22)14-11-21(10-12(8-18)9-19)15-7-5-4-6-13(14)15;1-2-13(17)16-11-3-5-12(6-4-11)18-9-10(7-14)8-15;2*13-7-11(8-14)9-15-12(16)6-10-4-2-1-3-5-10/h4-8,11H,9-10,19H2,1-3H3,(H,20,22);3-7H,2,8-9,15H2,1H3,(H,16,17);2*1-5,7H,6,8-9,14H2,(H,15,16)/b;10-7+;11-7+;11-7-. The number of carbonyl (C=O) groups is 4. The monoisotopic (exact) mass is 1000 g/mol. The first-order valence-corrected chi connectivity index (χ1v) is 23.0. The van der Waals surface area contributed by atoms with Crippen LogP contribution >= 0.6 is 0 Å². The van der Waals surface area contributed by atoms with Crippen molar-refractivity contribution in [3.63, 3.8) is 0 Å². The molecule has 0 aliphatic rings. The summed E-state index contributed by atoms with van der Waals surface area (Å²) in [6.07, 6.45) is 4.63. The summed E-state index contributed by atoms with van der Waals surface area (Å²) in [7, 11) is 0. The second kappa shape index (κ2) is 34.0. The highest BCUT2D eigenvalue weighted by molar-refractivity contribution is 6.07. The Morgan fingerprint density at radius 2 is 1.06 bits per heavy atom. The summed E-state index contributed by atoms with van der Waals surface area (Å²) in [6, 6.07) is 33.2. The number of anilines is 1. The van der Waals surface area contributed by atoms with Gasteiger partial charge in [-0.15, -0.1) is 0 Å². The molecule has 0 aliphatic heterocycles. The number of hydrogen-bond acceptors (Lipinski definition) is 9. The first-order chi connectivity index (χ1) is 34.6. The quantitative estimate of drug-likeness (QED) is 0.0360. The van der Waals surface area contributed by atoms with Crippen molar-refractivity contribution >= 4 is 40.2 Å². The zero-order chi connectivity index (χ0) is 53.3. The number of nitrogens with two attached hydrogens (primary N) is 4. The number of para-hydroxylation sites is 1. The average molecular weight is 1000 g/mol. The molecule has 0 spiro atoms. The van der Waals surface area contributed by atoms with E-state index in [0.29, 0.717) is 90.4 Å². The van der Waals surface area contributed by atoms with Gasteiger partial charge < -0.3 is 53.5 Å². The topological polar surface area (TPSA) is 235 Å². The number of aromatic nitrogens is 1. The van der Waals surface area contributed by atoms with Crippen molar-refractivity contribution in [3.8, 4) is 5.75 Å². The van der Waals surface area contributed by atoms with Gasteiger partial charge in [-0.25, -0.2) is 17.6 Å². The Hall–Kier alpha value is -7.38. The number of ether oxygens (including phenoxy) is 1. The molecule has 72 heavy (non-hydrogen) atoms. The number of benzene rings is 4. The highest BCUT2D eigenvalue weighted by Crippen LogP contribution is 2.23. The third-order valence-electron chi connectivity index (χ3n) is 9.88. The summed E-state index contributed by atoms with van der Waals surface area (Å²) in [5.74, 6) is 0.130. The molecule has 0 atom stereocenters. The first kappa shape index (κ1) is 60.7. The van der Waals surface area contributed by atoms with E-state index in [1.165, 1.54) is 0 Å². The Kier molecular flexibility index (Phi) is 28.7. The van der Waals surface area contributed by atoms with Gasteiger partial charge in [-0.2, -0.15) is 0 Å². The van der Waals surface area contributed by atoms with E-state index in [0.717, 1.165) is 22.0 Å². The van der Waals surface area contributed by atoms with Crippen LogP contribution in [0.1, 0.15) is 55.6 Å². The SMILES string of the molecule is CC(C)(C)NC(=O)c1cn(CC(=CF)CN)c2ccccc12.CCC(=O)Nc1ccc(OC/C(=C/F)CN)cc1.NC/C(=C/F)CNC(=O)Cc1ccccc1.NC/C(=C\F)CNC(=O)Cc1ccccc1. The predicted octanol–water partition coefficient (Wildman–Crippen LogP) is 7.52. The maximum atomic E-state index is 12.8. The fraction of sp³-hybridized carbons (Fsp3) is 0.296. The van der Waals surface area contributed by atoms with Gasteiger partial charge in [0.15, 0.2) is 0 Å². The van der Waals surface area contributed by atoms with Crippen molar-refractivity contribution in [1.29, 1.82) is 0 Å². The number of amides is 4. The van der Waals surface area contributed by atoms with Crippen LogP contribution in [0.25, 0.3) is 10.9 Å². The van der Waals surface area contributed by atoms with Gasteiger partial charge in [-0.1, -0.05) is 85.8 Å². The van der Waals surface area contributed by atoms with Crippen molar-refractivity contribution in [1.82, 2.24) is 20.5 Å². The van der Waals surface area contributed by atoms with Crippen LogP contribution in [-0.4, -0.2) is 79.6 Å². The van der Waals surface area contributed by atoms with Crippen molar-refractivity contribution in [2.45, 2.75) is 59.0 Å². The van der Waals surface area contributed by atoms with Crippen molar-refractivity contribution < 1.29 is 41.5 Å². The Balaban J connectivity index is 0.000000332. The molecule has 0 bridgehead atoms. The van der Waals surface area contributed by atoms with Gasteiger partial charge in [-0.3, -0.25) is 19.2 Å². The van der Waals surface area contributed by atoms with E-state index in [9.17, 15) is 36.7 Å². The maximum absolute atomic E-state index is 12.8. The third kappa shape index (κ3) is 24.0. The average Bonchev–Trinajstić information content (AvgIpc) is 3.76. The summed E-state index contributed by atoms with van der Waals surface area (Å²) in [5, 5.41) is 11.7. The Morgan fingerprint density at radius 1 is 0.597 bits per heavy atom. The zero-order valence-corrected chi connectivity index (χ0v) is 41.4. The Bertz CT molecular complexity index is 2470. The number of fused-ring (bicyclic) bond motifs is 1. The van der Waals surface area contributed by atoms with E-state index in [4.69, 9.17) is 27.7 Å². The number of rotatable bonds is 20. The first-order valence-electron chi connectivity index (χ1n) is 23.0. The van der Waals surface area contributed by atoms with Crippen LogP contribution in [0, 0.1) is 0 Å². The lowest BCUT2D eigenvalue weighted by Gasteiger charge is -2.20. The predicted molar refractivity (Wildman–Crippen MR) is 279 cm³/mol. The molecule has 0 unspecified atom stereocenters. The normalized spacial score (nSPS) is 11.7. The summed E-state index contributed by atoms with van der Waals surface area (Å²) in [4.78, 5) is 46.5. The highest BCUT2D eigenvalue weighted by atomic mass is 19.1. The number of halogens is 4. The van der Waals surface area contributed by atoms with E-state index in [1.807, 2.05) is 110 Å². The van der Waals surface area contributed by atoms with E-state index in [2.05, 4.69) is 21.3 Å². The van der Waals surface area contributed by atoms with Gasteiger partial charge >= 0.3 is 0 Å². The lowest BCUT2D eigenvalue weighted by molar-refractivity contribution is -0.121. The molecule has 4 amide bonds. The minimum Gasteiger partial charge on any atom is -0.489 e. The largest absolute Gasteiger partial charge is 0.489 e. The molecule has 4 aromatic carbocycles. The molecule has 0 saturated carbocycles. The molecule has 1 heterocycles. The van der Waals surface area contributed by atoms with Crippen LogP contribution in [0.2, 0.25) is 0 Å². The molecule has 5 aromatic rings. The lowest BCUT2D eigenvalue weighted by Crippen LogP contribution is -2.40. The minimum absolute atomic E-state index is 0.0468. The molecule has 388 valence electrons. The van der Waals surface area contributed by atoms with Gasteiger partial charge in [0.05, 0.1) is 43.7 Å².